The van der Waals surface area contributed by atoms with Gasteiger partial charge in [-0.2, -0.15) is 0 Å². The molecule has 1 amide bonds. The molecule has 4 rings (SSSR count). The van der Waals surface area contributed by atoms with Crippen LogP contribution in [0, 0.1) is 0 Å². The zero-order valence-electron chi connectivity index (χ0n) is 23.3. The first-order valence-electron chi connectivity index (χ1n) is 13.2. The summed E-state index contributed by atoms with van der Waals surface area (Å²) in [6.45, 7) is 15.0. The number of fused-ring (bicyclic) bond motifs is 1. The number of piperidine rings is 1. The number of hydrogen-bond acceptors (Lipinski definition) is 6. The predicted octanol–water partition coefficient (Wildman–Crippen LogP) is 6.84. The molecule has 1 saturated heterocycles. The van der Waals surface area contributed by atoms with Crippen LogP contribution in [0.4, 0.5) is 4.79 Å². The number of benzene rings is 1. The van der Waals surface area contributed by atoms with Gasteiger partial charge in [0, 0.05) is 40.6 Å². The number of hydrogen-bond donors (Lipinski definition) is 0. The highest BCUT2D eigenvalue weighted by molar-refractivity contribution is 6.76. The van der Waals surface area contributed by atoms with Crippen molar-refractivity contribution in [2.75, 3.05) is 19.7 Å². The summed E-state index contributed by atoms with van der Waals surface area (Å²) in [6.07, 6.45) is 2.81. The Kier molecular flexibility index (Phi) is 8.69. The molecule has 0 spiro atoms. The topological polar surface area (TPSA) is 78.7 Å². The predicted molar refractivity (Wildman–Crippen MR) is 154 cm³/mol. The van der Waals surface area contributed by atoms with Gasteiger partial charge >= 0.3 is 6.09 Å². The van der Waals surface area contributed by atoms with Gasteiger partial charge < -0.3 is 23.7 Å². The van der Waals surface area contributed by atoms with Crippen molar-refractivity contribution in [2.24, 2.45) is 0 Å². The second-order valence-electron chi connectivity index (χ2n) is 12.0. The van der Waals surface area contributed by atoms with E-state index in [0.717, 1.165) is 46.9 Å². The largest absolute Gasteiger partial charge is 0.490 e. The molecular weight excluding hydrogens is 520 g/mol. The first-order valence-corrected chi connectivity index (χ1v) is 17.3. The lowest BCUT2D eigenvalue weighted by molar-refractivity contribution is 0.0126. The van der Waals surface area contributed by atoms with Crippen LogP contribution in [0.5, 0.6) is 5.75 Å². The highest BCUT2D eigenvalue weighted by Crippen LogP contribution is 2.32. The van der Waals surface area contributed by atoms with Gasteiger partial charge in [0.15, 0.2) is 0 Å². The molecule has 1 aliphatic rings. The van der Waals surface area contributed by atoms with E-state index >= 15 is 0 Å². The number of aromatic nitrogens is 3. The maximum Gasteiger partial charge on any atom is 0.410 e. The first kappa shape index (κ1) is 28.4. The molecule has 1 aliphatic heterocycles. The SMILES string of the molecule is CC(C)(C)OC(=O)N1CCC(Oc2ccc(-c3cc4c(Cl)ncnc4n3COCC[Si](C)(C)C)cc2)CC1. The Morgan fingerprint density at radius 3 is 2.42 bits per heavy atom. The van der Waals surface area contributed by atoms with Crippen molar-refractivity contribution in [3.63, 3.8) is 0 Å². The Balaban J connectivity index is 1.42. The Labute approximate surface area is 231 Å². The first-order chi connectivity index (χ1) is 17.9. The second kappa shape index (κ2) is 11.6. The molecular formula is C28H39ClN4O4Si. The average Bonchev–Trinajstić information content (AvgIpc) is 3.21. The van der Waals surface area contributed by atoms with Crippen LogP contribution in [-0.4, -0.2) is 65.0 Å². The third-order valence-corrected chi connectivity index (χ3v) is 8.41. The van der Waals surface area contributed by atoms with Crippen molar-refractivity contribution in [2.45, 2.75) is 77.7 Å². The number of halogens is 1. The van der Waals surface area contributed by atoms with Gasteiger partial charge in [0.05, 0.1) is 11.1 Å². The molecule has 3 heterocycles. The Bertz CT molecular complexity index is 1240. The minimum atomic E-state index is -1.18. The van der Waals surface area contributed by atoms with E-state index in [1.54, 1.807) is 4.90 Å². The van der Waals surface area contributed by atoms with E-state index in [0.29, 0.717) is 31.6 Å². The molecule has 2 aromatic heterocycles. The molecule has 1 fully saturated rings. The Morgan fingerprint density at radius 1 is 1.11 bits per heavy atom. The van der Waals surface area contributed by atoms with Gasteiger partial charge in [0.1, 0.15) is 41.3 Å². The van der Waals surface area contributed by atoms with E-state index in [1.807, 2.05) is 51.1 Å². The van der Waals surface area contributed by atoms with Crippen LogP contribution in [0.25, 0.3) is 22.3 Å². The average molecular weight is 559 g/mol. The summed E-state index contributed by atoms with van der Waals surface area (Å²) in [6, 6.07) is 11.2. The van der Waals surface area contributed by atoms with E-state index < -0.39 is 13.7 Å². The Morgan fingerprint density at radius 2 is 1.79 bits per heavy atom. The van der Waals surface area contributed by atoms with E-state index in [2.05, 4.69) is 34.2 Å². The standard InChI is InChI=1S/C28H39ClN4O4Si/c1-28(2,3)37-27(34)32-13-11-22(12-14-32)36-21-9-7-20(8-10-21)24-17-23-25(29)30-18-31-26(23)33(24)19-35-15-16-38(4,5)6/h7-10,17-18,22H,11-16,19H2,1-6H3. The monoisotopic (exact) mass is 558 g/mol. The lowest BCUT2D eigenvalue weighted by atomic mass is 10.1. The highest BCUT2D eigenvalue weighted by Gasteiger charge is 2.27. The van der Waals surface area contributed by atoms with Crippen molar-refractivity contribution < 1.29 is 19.0 Å². The van der Waals surface area contributed by atoms with Crippen molar-refractivity contribution in [1.29, 1.82) is 0 Å². The molecule has 38 heavy (non-hydrogen) atoms. The van der Waals surface area contributed by atoms with Crippen LogP contribution in [0.2, 0.25) is 30.8 Å². The quantitative estimate of drug-likeness (QED) is 0.171. The number of carbonyl (C=O) groups excluding carboxylic acids is 1. The summed E-state index contributed by atoms with van der Waals surface area (Å²) < 4.78 is 19.9. The lowest BCUT2D eigenvalue weighted by Gasteiger charge is -2.33. The van der Waals surface area contributed by atoms with Crippen LogP contribution in [-0.2, 0) is 16.2 Å². The third-order valence-electron chi connectivity index (χ3n) is 6.41. The zero-order valence-corrected chi connectivity index (χ0v) is 25.0. The van der Waals surface area contributed by atoms with Gasteiger partial charge in [0.2, 0.25) is 0 Å². The van der Waals surface area contributed by atoms with Crippen molar-refractivity contribution >= 4 is 36.8 Å². The molecule has 10 heteroatoms. The fraction of sp³-hybridized carbons (Fsp3) is 0.536. The fourth-order valence-electron chi connectivity index (χ4n) is 4.32. The molecule has 0 aliphatic carbocycles. The molecule has 0 unspecified atom stereocenters. The van der Waals surface area contributed by atoms with Gasteiger partial charge in [-0.1, -0.05) is 31.2 Å². The molecule has 0 N–H and O–H groups in total. The number of ether oxygens (including phenoxy) is 3. The molecule has 3 aromatic rings. The summed E-state index contributed by atoms with van der Waals surface area (Å²) >= 11 is 6.39. The van der Waals surface area contributed by atoms with E-state index in [1.165, 1.54) is 6.33 Å². The number of carbonyl (C=O) groups is 1. The maximum absolute atomic E-state index is 12.3. The molecule has 206 valence electrons. The number of rotatable bonds is 8. The summed E-state index contributed by atoms with van der Waals surface area (Å²) in [4.78, 5) is 22.7. The lowest BCUT2D eigenvalue weighted by Crippen LogP contribution is -2.44. The van der Waals surface area contributed by atoms with Crippen LogP contribution >= 0.6 is 11.6 Å². The third kappa shape index (κ3) is 7.48. The molecule has 0 saturated carbocycles. The number of likely N-dealkylation sites (tertiary alicyclic amines) is 1. The summed E-state index contributed by atoms with van der Waals surface area (Å²) in [5.74, 6) is 0.802. The van der Waals surface area contributed by atoms with E-state index in [-0.39, 0.29) is 12.2 Å². The molecule has 8 nitrogen and oxygen atoms in total. The van der Waals surface area contributed by atoms with Gasteiger partial charge in [-0.15, -0.1) is 0 Å². The van der Waals surface area contributed by atoms with E-state index in [4.69, 9.17) is 25.8 Å². The summed E-state index contributed by atoms with van der Waals surface area (Å²) in [5, 5.41) is 1.23. The Hall–Kier alpha value is -2.62. The molecule has 0 radical (unpaired) electrons. The van der Waals surface area contributed by atoms with E-state index in [9.17, 15) is 4.79 Å². The van der Waals surface area contributed by atoms with Crippen LogP contribution in [0.15, 0.2) is 36.7 Å². The van der Waals surface area contributed by atoms with Crippen molar-refractivity contribution in [3.8, 4) is 17.0 Å². The minimum absolute atomic E-state index is 0.0554. The minimum Gasteiger partial charge on any atom is -0.490 e. The van der Waals surface area contributed by atoms with Crippen LogP contribution < -0.4 is 4.74 Å². The number of amides is 1. The summed E-state index contributed by atoms with van der Waals surface area (Å²) in [7, 11) is -1.18. The second-order valence-corrected chi connectivity index (χ2v) is 18.0. The van der Waals surface area contributed by atoms with Gasteiger partial charge in [-0.3, -0.25) is 0 Å². The van der Waals surface area contributed by atoms with Gasteiger partial charge in [-0.05, 0) is 62.7 Å². The van der Waals surface area contributed by atoms with Crippen molar-refractivity contribution in [1.82, 2.24) is 19.4 Å². The molecule has 1 aromatic carbocycles. The molecule has 0 bridgehead atoms. The van der Waals surface area contributed by atoms with Crippen molar-refractivity contribution in [3.05, 3.63) is 41.8 Å². The van der Waals surface area contributed by atoms with Crippen LogP contribution in [0.1, 0.15) is 33.6 Å². The number of nitrogens with zero attached hydrogens (tertiary/aromatic N) is 4. The zero-order chi connectivity index (χ0) is 27.5. The highest BCUT2D eigenvalue weighted by atomic mass is 35.5. The van der Waals surface area contributed by atoms with Gasteiger partial charge in [0.25, 0.3) is 0 Å². The smallest absolute Gasteiger partial charge is 0.410 e. The fourth-order valence-corrected chi connectivity index (χ4v) is 5.26. The van der Waals surface area contributed by atoms with Gasteiger partial charge in [-0.25, -0.2) is 14.8 Å². The maximum atomic E-state index is 12.3. The van der Waals surface area contributed by atoms with Crippen LogP contribution in [0.3, 0.4) is 0 Å². The normalized spacial score (nSPS) is 15.2. The molecule has 0 atom stereocenters. The summed E-state index contributed by atoms with van der Waals surface area (Å²) in [5.41, 5.74) is 2.24.